The van der Waals surface area contributed by atoms with E-state index in [0.29, 0.717) is 77.0 Å². The zero-order valence-electron chi connectivity index (χ0n) is 40.5. The van der Waals surface area contributed by atoms with Crippen molar-refractivity contribution in [2.45, 2.75) is 141 Å². The second-order valence-electron chi connectivity index (χ2n) is 19.0. The van der Waals surface area contributed by atoms with Crippen LogP contribution in [-0.4, -0.2) is 81.0 Å². The molecule has 4 aliphatic rings. The summed E-state index contributed by atoms with van der Waals surface area (Å²) in [5, 5.41) is 11.1. The minimum absolute atomic E-state index is 0.196. The molecule has 66 heavy (non-hydrogen) atoms. The minimum Gasteiger partial charge on any atom is -0.493 e. The lowest BCUT2D eigenvalue weighted by Gasteiger charge is -2.49. The number of hydrogen-bond acceptors (Lipinski definition) is 9. The Kier molecular flexibility index (Phi) is 16.6. The third-order valence-corrected chi connectivity index (χ3v) is 14.5. The lowest BCUT2D eigenvalue weighted by atomic mass is 9.84. The fourth-order valence-corrected chi connectivity index (χ4v) is 10.7. The zero-order chi connectivity index (χ0) is 46.8. The maximum atomic E-state index is 13.6. The number of quaternary nitrogens is 1. The van der Waals surface area contributed by atoms with Crippen LogP contribution in [0.25, 0.3) is 0 Å². The van der Waals surface area contributed by atoms with Gasteiger partial charge in [-0.2, -0.15) is 0 Å². The molecule has 0 saturated heterocycles. The van der Waals surface area contributed by atoms with Crippen molar-refractivity contribution in [2.24, 2.45) is 0 Å². The van der Waals surface area contributed by atoms with E-state index in [1.807, 2.05) is 30.3 Å². The number of carbonyl (C=O) groups is 2. The molecule has 4 aliphatic heterocycles. The van der Waals surface area contributed by atoms with Crippen molar-refractivity contribution in [3.05, 3.63) is 94.0 Å². The highest BCUT2D eigenvalue weighted by Gasteiger charge is 2.48. The normalized spacial score (nSPS) is 19.3. The average molecular weight is 906 g/mol. The number of ether oxygens (including phenoxy) is 6. The Morgan fingerprint density at radius 2 is 1.36 bits per heavy atom. The molecule has 1 N–H and O–H groups in total. The number of carbonyl (C=O) groups excluding carboxylic acids is 1. The Morgan fingerprint density at radius 1 is 0.742 bits per heavy atom. The third kappa shape index (κ3) is 11.1. The number of rotatable bonds is 19. The number of esters is 1. The monoisotopic (exact) mass is 906 g/mol. The molecule has 11 heteroatoms. The molecule has 356 valence electrons. The Bertz CT molecular complexity index is 2290. The van der Waals surface area contributed by atoms with Crippen molar-refractivity contribution in [1.82, 2.24) is 4.90 Å². The summed E-state index contributed by atoms with van der Waals surface area (Å²) in [4.78, 5) is 28.7. The van der Waals surface area contributed by atoms with Crippen LogP contribution in [0.5, 0.6) is 46.0 Å². The summed E-state index contributed by atoms with van der Waals surface area (Å²) in [6.45, 7) is 5.07. The van der Waals surface area contributed by atoms with E-state index < -0.39 is 18.0 Å². The zero-order valence-corrected chi connectivity index (χ0v) is 40.5. The molecule has 8 rings (SSSR count). The first-order valence-electron chi connectivity index (χ1n) is 24.5. The Hall–Kier alpha value is -5.26. The van der Waals surface area contributed by atoms with Gasteiger partial charge < -0.3 is 38.0 Å². The molecule has 0 spiro atoms. The van der Waals surface area contributed by atoms with Gasteiger partial charge in [-0.1, -0.05) is 95.8 Å². The highest BCUT2D eigenvalue weighted by Crippen LogP contribution is 2.53. The maximum absolute atomic E-state index is 13.6. The van der Waals surface area contributed by atoms with Crippen LogP contribution in [0.15, 0.2) is 60.7 Å². The molecule has 0 aliphatic carbocycles. The van der Waals surface area contributed by atoms with Gasteiger partial charge in [0.2, 0.25) is 5.75 Å². The van der Waals surface area contributed by atoms with Crippen LogP contribution in [0.3, 0.4) is 0 Å². The average Bonchev–Trinajstić information content (AvgIpc) is 3.30. The Labute approximate surface area is 392 Å². The quantitative estimate of drug-likeness (QED) is 0.0422. The summed E-state index contributed by atoms with van der Waals surface area (Å²) in [6.07, 6.45) is 17.9. The lowest BCUT2D eigenvalue weighted by molar-refractivity contribution is -0.956. The van der Waals surface area contributed by atoms with Gasteiger partial charge >= 0.3 is 11.9 Å². The number of hydrogen-bond donors (Lipinski definition) is 1. The standard InChI is InChI=1S/C55H72N2O9/c1-8-9-10-11-12-13-14-15-16-17-18-19-20-45(55(59)60)57(4)30-28-40-34-48(62-6)50-36-43(40)46(57)32-38-21-24-42(25-22-38)65-49-33-39(23-26-47(49)61-5)31-44-52-41(27-29-56(44)3)35-51(63-7)53(54(52)66-50)64-37(2)58/h21-26,33-36,44-46H,8-20,27-32H2,1-7H3/p+1. The van der Waals surface area contributed by atoms with Gasteiger partial charge in [-0.05, 0) is 91.0 Å². The van der Waals surface area contributed by atoms with E-state index in [1.165, 1.54) is 64.7 Å². The number of nitrogens with zero attached hydrogens (tertiary/aromatic N) is 2. The van der Waals surface area contributed by atoms with E-state index in [0.717, 1.165) is 65.6 Å². The largest absolute Gasteiger partial charge is 0.493 e. The fraction of sp³-hybridized carbons (Fsp3) is 0.527. The van der Waals surface area contributed by atoms with E-state index in [1.54, 1.807) is 21.3 Å². The number of aliphatic carboxylic acids is 1. The molecule has 0 saturated carbocycles. The van der Waals surface area contributed by atoms with Crippen molar-refractivity contribution in [3.8, 4) is 46.0 Å². The highest BCUT2D eigenvalue weighted by atomic mass is 16.6. The van der Waals surface area contributed by atoms with E-state index in [9.17, 15) is 14.7 Å². The van der Waals surface area contributed by atoms with Gasteiger partial charge in [0.1, 0.15) is 11.8 Å². The number of unbranched alkanes of at least 4 members (excludes halogenated alkanes) is 11. The van der Waals surface area contributed by atoms with Crippen molar-refractivity contribution in [2.75, 3.05) is 48.5 Å². The summed E-state index contributed by atoms with van der Waals surface area (Å²) >= 11 is 0. The SMILES string of the molecule is CCCCCCCCCCCCCCC(C(=O)O)[N+]1(C)CCc2cc(OC)c3cc2C1Cc1ccc(cc1)Oc1cc(ccc1OC)CC1c2c(cc(OC)c(OC(C)=O)c2O3)CCN1C. The van der Waals surface area contributed by atoms with Crippen LogP contribution in [0.2, 0.25) is 0 Å². The van der Waals surface area contributed by atoms with Gasteiger partial charge in [0.05, 0.1) is 34.9 Å². The topological polar surface area (TPSA) is 113 Å². The van der Waals surface area contributed by atoms with E-state index in [4.69, 9.17) is 28.4 Å². The molecule has 0 amide bonds. The number of likely N-dealkylation sites (N-methyl/N-ethyl adjacent to an activating group) is 2. The molecule has 6 bridgehead atoms. The predicted molar refractivity (Wildman–Crippen MR) is 258 cm³/mol. The smallest absolute Gasteiger partial charge is 0.362 e. The van der Waals surface area contributed by atoms with Crippen LogP contribution >= 0.6 is 0 Å². The number of carboxylic acids is 1. The molecule has 0 aromatic heterocycles. The fourth-order valence-electron chi connectivity index (χ4n) is 10.7. The predicted octanol–water partition coefficient (Wildman–Crippen LogP) is 12.1. The van der Waals surface area contributed by atoms with Gasteiger partial charge in [-0.3, -0.25) is 9.69 Å². The van der Waals surface area contributed by atoms with E-state index in [-0.39, 0.29) is 17.8 Å². The molecule has 4 unspecified atom stereocenters. The molecule has 4 heterocycles. The van der Waals surface area contributed by atoms with Crippen LogP contribution in [-0.2, 0) is 35.3 Å². The van der Waals surface area contributed by atoms with Gasteiger partial charge in [0.15, 0.2) is 40.5 Å². The van der Waals surface area contributed by atoms with Gasteiger partial charge in [-0.15, -0.1) is 0 Å². The first-order valence-corrected chi connectivity index (χ1v) is 24.5. The van der Waals surface area contributed by atoms with Crippen molar-refractivity contribution >= 4 is 11.9 Å². The van der Waals surface area contributed by atoms with Gasteiger partial charge in [0.25, 0.3) is 0 Å². The van der Waals surface area contributed by atoms with Crippen molar-refractivity contribution in [1.29, 1.82) is 0 Å². The summed E-state index contributed by atoms with van der Waals surface area (Å²) in [5.41, 5.74) is 6.11. The summed E-state index contributed by atoms with van der Waals surface area (Å²) < 4.78 is 37.9. The number of methoxy groups -OCH3 is 3. The summed E-state index contributed by atoms with van der Waals surface area (Å²) in [6, 6.07) is 19.2. The Morgan fingerprint density at radius 3 is 2.00 bits per heavy atom. The first-order chi connectivity index (χ1) is 32.0. The van der Waals surface area contributed by atoms with Crippen LogP contribution in [0.4, 0.5) is 0 Å². The van der Waals surface area contributed by atoms with E-state index in [2.05, 4.69) is 56.3 Å². The summed E-state index contributed by atoms with van der Waals surface area (Å²) in [7, 11) is 9.08. The lowest BCUT2D eigenvalue weighted by Crippen LogP contribution is -2.60. The van der Waals surface area contributed by atoms with Crippen LogP contribution in [0.1, 0.15) is 143 Å². The van der Waals surface area contributed by atoms with Gasteiger partial charge in [-0.25, -0.2) is 4.79 Å². The van der Waals surface area contributed by atoms with Gasteiger partial charge in [0, 0.05) is 49.9 Å². The number of carboxylic acid groups (broad SMARTS) is 1. The highest BCUT2D eigenvalue weighted by molar-refractivity contribution is 5.74. The van der Waals surface area contributed by atoms with E-state index >= 15 is 0 Å². The molecular weight excluding hydrogens is 833 g/mol. The third-order valence-electron chi connectivity index (χ3n) is 14.5. The van der Waals surface area contributed by atoms with Crippen molar-refractivity contribution in [3.63, 3.8) is 0 Å². The van der Waals surface area contributed by atoms with Crippen LogP contribution in [0, 0.1) is 0 Å². The second kappa shape index (κ2) is 22.5. The summed E-state index contributed by atoms with van der Waals surface area (Å²) in [5.74, 6) is 2.58. The second-order valence-corrected chi connectivity index (χ2v) is 19.0. The van der Waals surface area contributed by atoms with Crippen LogP contribution < -0.4 is 28.4 Å². The molecule has 4 aromatic rings. The molecule has 0 radical (unpaired) electrons. The molecule has 4 aromatic carbocycles. The van der Waals surface area contributed by atoms with Crippen molar-refractivity contribution < 1.29 is 47.6 Å². The molecular formula is C55H73N2O9+. The minimum atomic E-state index is -0.766. The molecule has 11 nitrogen and oxygen atoms in total. The maximum Gasteiger partial charge on any atom is 0.362 e. The Balaban J connectivity index is 1.29. The molecule has 4 atom stereocenters. The first kappa shape index (κ1) is 48.7. The number of fused-ring (bicyclic) bond motifs is 2. The molecule has 0 fully saturated rings. The number of benzene rings is 4.